The second kappa shape index (κ2) is 9.01. The molecule has 5 aromatic rings. The zero-order valence-electron chi connectivity index (χ0n) is 19.7. The Morgan fingerprint density at radius 2 is 1.74 bits per heavy atom. The van der Waals surface area contributed by atoms with Crippen molar-refractivity contribution >= 4 is 10.9 Å². The van der Waals surface area contributed by atoms with Gasteiger partial charge in [0.05, 0.1) is 34.4 Å². The summed E-state index contributed by atoms with van der Waals surface area (Å²) in [6.07, 6.45) is 1.87. The number of aliphatic hydroxyl groups is 1. The van der Waals surface area contributed by atoms with Crippen LogP contribution in [0.25, 0.3) is 27.8 Å². The van der Waals surface area contributed by atoms with Gasteiger partial charge in [-0.15, -0.1) is 0 Å². The van der Waals surface area contributed by atoms with Gasteiger partial charge in [0.2, 0.25) is 0 Å². The number of rotatable bonds is 5. The predicted octanol–water partition coefficient (Wildman–Crippen LogP) is 5.82. The van der Waals surface area contributed by atoms with Crippen LogP contribution in [0.1, 0.15) is 28.9 Å². The number of ether oxygens (including phenoxy) is 1. The van der Waals surface area contributed by atoms with E-state index in [1.54, 1.807) is 0 Å². The normalized spacial score (nSPS) is 15.2. The van der Waals surface area contributed by atoms with E-state index < -0.39 is 0 Å². The first-order valence-electron chi connectivity index (χ1n) is 12.1. The number of hydrogen-bond donors (Lipinski definition) is 1. The Bertz CT molecular complexity index is 1490. The summed E-state index contributed by atoms with van der Waals surface area (Å²) in [6.45, 7) is 2.50. The van der Waals surface area contributed by atoms with Crippen LogP contribution in [0.15, 0.2) is 84.9 Å². The van der Waals surface area contributed by atoms with Crippen LogP contribution in [-0.2, 0) is 19.4 Å². The second-order valence-electron chi connectivity index (χ2n) is 9.23. The van der Waals surface area contributed by atoms with Gasteiger partial charge in [0.15, 0.2) is 0 Å². The van der Waals surface area contributed by atoms with Gasteiger partial charge >= 0.3 is 0 Å². The lowest BCUT2D eigenvalue weighted by Crippen LogP contribution is -2.18. The van der Waals surface area contributed by atoms with Crippen LogP contribution < -0.4 is 4.74 Å². The van der Waals surface area contributed by atoms with Gasteiger partial charge in [0.1, 0.15) is 12.4 Å². The van der Waals surface area contributed by atoms with Gasteiger partial charge in [0.25, 0.3) is 0 Å². The van der Waals surface area contributed by atoms with Gasteiger partial charge < -0.3 is 9.84 Å². The monoisotopic (exact) mass is 461 g/mol. The molecule has 0 radical (unpaired) electrons. The van der Waals surface area contributed by atoms with Crippen molar-refractivity contribution in [3.8, 4) is 22.7 Å². The van der Waals surface area contributed by atoms with Crippen LogP contribution in [0.5, 0.6) is 5.75 Å². The van der Waals surface area contributed by atoms with Crippen LogP contribution in [0.4, 0.5) is 0 Å². The molecule has 0 fully saturated rings. The van der Waals surface area contributed by atoms with Crippen LogP contribution >= 0.6 is 0 Å². The molecule has 0 bridgehead atoms. The number of aliphatic hydroxyl groups excluding tert-OH is 1. The Morgan fingerprint density at radius 3 is 2.57 bits per heavy atom. The standard InChI is InChI=1S/C30H27N3O2/c1-20-6-8-22(9-7-20)30-27-18-25(34)14-17-29(27)32-33(30)24-12-15-26(16-13-24)35-19-23-11-10-21-4-2-3-5-28(21)31-23/h2-13,15-16,25,34H,14,17-19H2,1H3. The van der Waals surface area contributed by atoms with Gasteiger partial charge in [-0.2, -0.15) is 5.10 Å². The molecule has 2 aromatic heterocycles. The van der Waals surface area contributed by atoms with Crippen molar-refractivity contribution in [3.05, 3.63) is 107 Å². The van der Waals surface area contributed by atoms with E-state index >= 15 is 0 Å². The number of nitrogens with zero attached hydrogens (tertiary/aromatic N) is 3. The second-order valence-corrected chi connectivity index (χ2v) is 9.23. The summed E-state index contributed by atoms with van der Waals surface area (Å²) >= 11 is 0. The molecule has 1 unspecified atom stereocenters. The summed E-state index contributed by atoms with van der Waals surface area (Å²) in [5, 5.41) is 16.4. The number of benzene rings is 3. The van der Waals surface area contributed by atoms with Crippen LogP contribution in [0.3, 0.4) is 0 Å². The SMILES string of the molecule is Cc1ccc(-c2c3c(nn2-c2ccc(OCc4ccc5ccccc5n4)cc2)CCC(O)C3)cc1. The van der Waals surface area contributed by atoms with Gasteiger partial charge in [-0.1, -0.05) is 54.1 Å². The molecule has 1 aliphatic rings. The van der Waals surface area contributed by atoms with Crippen molar-refractivity contribution in [2.75, 3.05) is 0 Å². The largest absolute Gasteiger partial charge is 0.487 e. The first-order valence-corrected chi connectivity index (χ1v) is 12.1. The van der Waals surface area contributed by atoms with Crippen molar-refractivity contribution in [2.24, 2.45) is 0 Å². The summed E-state index contributed by atoms with van der Waals surface area (Å²) in [5.74, 6) is 0.785. The van der Waals surface area contributed by atoms with Crippen LogP contribution in [-0.4, -0.2) is 26.0 Å². The first-order chi connectivity index (χ1) is 17.1. The van der Waals surface area contributed by atoms with E-state index in [-0.39, 0.29) is 6.10 Å². The van der Waals surface area contributed by atoms with Crippen molar-refractivity contribution in [1.82, 2.24) is 14.8 Å². The average molecular weight is 462 g/mol. The Kier molecular flexibility index (Phi) is 5.55. The van der Waals surface area contributed by atoms with E-state index in [1.165, 1.54) is 5.56 Å². The van der Waals surface area contributed by atoms with E-state index in [2.05, 4.69) is 43.3 Å². The van der Waals surface area contributed by atoms with Gasteiger partial charge in [-0.25, -0.2) is 9.67 Å². The molecule has 2 heterocycles. The summed E-state index contributed by atoms with van der Waals surface area (Å²) < 4.78 is 8.05. The van der Waals surface area contributed by atoms with Gasteiger partial charge in [-0.3, -0.25) is 0 Å². The molecular weight excluding hydrogens is 434 g/mol. The highest BCUT2D eigenvalue weighted by atomic mass is 16.5. The minimum Gasteiger partial charge on any atom is -0.487 e. The highest BCUT2D eigenvalue weighted by Crippen LogP contribution is 2.34. The molecule has 174 valence electrons. The molecule has 5 nitrogen and oxygen atoms in total. The Labute approximate surface area is 204 Å². The summed E-state index contributed by atoms with van der Waals surface area (Å²) in [5.41, 5.74) is 8.46. The zero-order chi connectivity index (χ0) is 23.8. The molecule has 5 heteroatoms. The highest BCUT2D eigenvalue weighted by Gasteiger charge is 2.26. The molecule has 1 atom stereocenters. The lowest BCUT2D eigenvalue weighted by Gasteiger charge is -2.17. The number of aryl methyl sites for hydroxylation is 2. The van der Waals surface area contributed by atoms with E-state index in [0.29, 0.717) is 13.0 Å². The lowest BCUT2D eigenvalue weighted by molar-refractivity contribution is 0.158. The number of hydrogen-bond acceptors (Lipinski definition) is 4. The number of fused-ring (bicyclic) bond motifs is 2. The van der Waals surface area contributed by atoms with E-state index in [0.717, 1.165) is 63.4 Å². The molecule has 35 heavy (non-hydrogen) atoms. The average Bonchev–Trinajstić information content (AvgIpc) is 3.26. The third-order valence-corrected chi connectivity index (χ3v) is 6.67. The molecule has 1 N–H and O–H groups in total. The molecule has 0 saturated heterocycles. The summed E-state index contributed by atoms with van der Waals surface area (Å²) in [7, 11) is 0. The fourth-order valence-corrected chi connectivity index (χ4v) is 4.78. The summed E-state index contributed by atoms with van der Waals surface area (Å²) in [6, 6.07) is 28.7. The predicted molar refractivity (Wildman–Crippen MR) is 138 cm³/mol. The maximum atomic E-state index is 10.3. The number of aromatic nitrogens is 3. The topological polar surface area (TPSA) is 60.2 Å². The number of para-hydroxylation sites is 1. The fourth-order valence-electron chi connectivity index (χ4n) is 4.78. The van der Waals surface area contributed by atoms with Crippen molar-refractivity contribution in [2.45, 2.75) is 38.9 Å². The minimum atomic E-state index is -0.316. The molecule has 0 saturated carbocycles. The molecule has 6 rings (SSSR count). The van der Waals surface area contributed by atoms with E-state index in [4.69, 9.17) is 14.8 Å². The van der Waals surface area contributed by atoms with Crippen LogP contribution in [0, 0.1) is 6.92 Å². The summed E-state index contributed by atoms with van der Waals surface area (Å²) in [4.78, 5) is 4.69. The van der Waals surface area contributed by atoms with Gasteiger partial charge in [-0.05, 0) is 56.2 Å². The highest BCUT2D eigenvalue weighted by molar-refractivity contribution is 5.78. The molecule has 0 spiro atoms. The van der Waals surface area contributed by atoms with Crippen LogP contribution in [0.2, 0.25) is 0 Å². The number of pyridine rings is 1. The third-order valence-electron chi connectivity index (χ3n) is 6.67. The maximum absolute atomic E-state index is 10.3. The quantitative estimate of drug-likeness (QED) is 0.358. The van der Waals surface area contributed by atoms with Crippen molar-refractivity contribution in [1.29, 1.82) is 0 Å². The van der Waals surface area contributed by atoms with E-state index in [9.17, 15) is 5.11 Å². The molecule has 3 aromatic carbocycles. The molecule has 0 amide bonds. The first kappa shape index (κ1) is 21.6. The minimum absolute atomic E-state index is 0.316. The Hall–Kier alpha value is -3.96. The smallest absolute Gasteiger partial charge is 0.130 e. The molecule has 1 aliphatic carbocycles. The third kappa shape index (κ3) is 4.31. The molecule has 0 aliphatic heterocycles. The van der Waals surface area contributed by atoms with E-state index in [1.807, 2.05) is 53.2 Å². The fraction of sp³-hybridized carbons (Fsp3) is 0.200. The van der Waals surface area contributed by atoms with Gasteiger partial charge in [0, 0.05) is 22.9 Å². The van der Waals surface area contributed by atoms with Crippen molar-refractivity contribution < 1.29 is 9.84 Å². The zero-order valence-corrected chi connectivity index (χ0v) is 19.7. The van der Waals surface area contributed by atoms with Crippen molar-refractivity contribution in [3.63, 3.8) is 0 Å². The molecular formula is C30H27N3O2. The Morgan fingerprint density at radius 1 is 0.943 bits per heavy atom. The maximum Gasteiger partial charge on any atom is 0.130 e. The Balaban J connectivity index is 1.28. The lowest BCUT2D eigenvalue weighted by atomic mass is 9.91.